The minimum absolute atomic E-state index is 0.0993. The van der Waals surface area contributed by atoms with Gasteiger partial charge in [-0.15, -0.1) is 0 Å². The van der Waals surface area contributed by atoms with Gasteiger partial charge < -0.3 is 30.2 Å². The standard InChI is InChI=1S/C26H35ClN6O4/c1-25(2,3)37-24(36)32-26(23(35)31-20(9-15-34)17-4-6-18(27)7-5-17)10-13-33(14-11-26)22-19-8-12-28-21(19)29-16-30-22/h4-8,12,16,20,24,32,34,36H,9-11,13-15H2,1-3H3,(H,31,35)(H,28,29,30)/t20-,24?/m0/s1. The van der Waals surface area contributed by atoms with Crippen molar-refractivity contribution < 1.29 is 19.7 Å². The second-order valence-electron chi connectivity index (χ2n) is 10.3. The van der Waals surface area contributed by atoms with Gasteiger partial charge in [0.05, 0.1) is 17.0 Å². The fourth-order valence-corrected chi connectivity index (χ4v) is 4.82. The molecule has 1 aromatic carbocycles. The number of carbonyl (C=O) groups excluding carboxylic acids is 1. The molecule has 0 spiro atoms. The van der Waals surface area contributed by atoms with Gasteiger partial charge in [-0.05, 0) is 63.8 Å². The van der Waals surface area contributed by atoms with Crippen molar-refractivity contribution in [2.24, 2.45) is 0 Å². The molecule has 1 amide bonds. The maximum Gasteiger partial charge on any atom is 0.241 e. The minimum atomic E-state index is -1.35. The predicted octanol–water partition coefficient (Wildman–Crippen LogP) is 2.87. The van der Waals surface area contributed by atoms with Crippen LogP contribution in [0.1, 0.15) is 51.6 Å². The summed E-state index contributed by atoms with van der Waals surface area (Å²) < 4.78 is 5.70. The molecule has 4 rings (SSSR count). The van der Waals surface area contributed by atoms with E-state index < -0.39 is 23.6 Å². The molecular weight excluding hydrogens is 496 g/mol. The molecule has 11 heteroatoms. The first-order valence-corrected chi connectivity index (χ1v) is 12.8. The smallest absolute Gasteiger partial charge is 0.241 e. The number of piperidine rings is 1. The number of benzene rings is 1. The highest BCUT2D eigenvalue weighted by molar-refractivity contribution is 6.30. The van der Waals surface area contributed by atoms with Crippen molar-refractivity contribution in [3.8, 4) is 0 Å². The molecule has 1 saturated heterocycles. The van der Waals surface area contributed by atoms with E-state index in [4.69, 9.17) is 16.3 Å². The van der Waals surface area contributed by atoms with E-state index in [0.29, 0.717) is 37.4 Å². The molecule has 10 nitrogen and oxygen atoms in total. The van der Waals surface area contributed by atoms with Crippen LogP contribution in [0.15, 0.2) is 42.9 Å². The van der Waals surface area contributed by atoms with E-state index in [1.807, 2.05) is 45.2 Å². The fraction of sp³-hybridized carbons (Fsp3) is 0.500. The summed E-state index contributed by atoms with van der Waals surface area (Å²) in [6.07, 6.45) is 3.12. The lowest BCUT2D eigenvalue weighted by Gasteiger charge is -2.43. The Labute approximate surface area is 221 Å². The van der Waals surface area contributed by atoms with Crippen LogP contribution in [-0.2, 0) is 9.53 Å². The molecule has 2 atom stereocenters. The molecule has 1 aliphatic rings. The molecule has 1 fully saturated rings. The first kappa shape index (κ1) is 27.3. The van der Waals surface area contributed by atoms with Crippen molar-refractivity contribution in [1.29, 1.82) is 0 Å². The molecule has 0 saturated carbocycles. The number of carbonyl (C=O) groups is 1. The van der Waals surface area contributed by atoms with Crippen molar-refractivity contribution in [3.63, 3.8) is 0 Å². The number of rotatable bonds is 9. The monoisotopic (exact) mass is 530 g/mol. The number of aliphatic hydroxyl groups excluding tert-OH is 2. The van der Waals surface area contributed by atoms with Crippen LogP contribution in [0.3, 0.4) is 0 Å². The molecule has 3 aromatic rings. The maximum atomic E-state index is 13.9. The quantitative estimate of drug-likeness (QED) is 0.266. The SMILES string of the molecule is CC(C)(C)OC(O)NC1(C(=O)N[C@@H](CCO)c2ccc(Cl)cc2)CCN(c2ncnc3[nH]ccc23)CC1. The number of hydrogen-bond donors (Lipinski definition) is 5. The summed E-state index contributed by atoms with van der Waals surface area (Å²) in [5.74, 6) is 0.526. The van der Waals surface area contributed by atoms with Crippen LogP contribution in [0.5, 0.6) is 0 Å². The third-order valence-electron chi connectivity index (χ3n) is 6.54. The van der Waals surface area contributed by atoms with Gasteiger partial charge in [-0.25, -0.2) is 9.97 Å². The summed E-state index contributed by atoms with van der Waals surface area (Å²) in [4.78, 5) is 27.8. The van der Waals surface area contributed by atoms with Crippen molar-refractivity contribution in [2.45, 2.75) is 63.6 Å². The predicted molar refractivity (Wildman–Crippen MR) is 142 cm³/mol. The third kappa shape index (κ3) is 6.58. The van der Waals surface area contributed by atoms with Crippen molar-refractivity contribution in [2.75, 3.05) is 24.6 Å². The zero-order valence-electron chi connectivity index (χ0n) is 21.4. The van der Waals surface area contributed by atoms with Gasteiger partial charge in [0.15, 0.2) is 0 Å². The number of aromatic nitrogens is 3. The number of aliphatic hydroxyl groups is 2. The Morgan fingerprint density at radius 3 is 2.57 bits per heavy atom. The minimum Gasteiger partial charge on any atom is -0.396 e. The highest BCUT2D eigenvalue weighted by atomic mass is 35.5. The Balaban J connectivity index is 1.56. The zero-order chi connectivity index (χ0) is 26.6. The molecule has 37 heavy (non-hydrogen) atoms. The number of nitrogens with one attached hydrogen (secondary N) is 3. The molecule has 3 heterocycles. The van der Waals surface area contributed by atoms with E-state index in [1.165, 1.54) is 6.33 Å². The van der Waals surface area contributed by atoms with E-state index in [1.54, 1.807) is 12.1 Å². The Bertz CT molecular complexity index is 1190. The summed E-state index contributed by atoms with van der Waals surface area (Å²) in [7, 11) is 0. The van der Waals surface area contributed by atoms with Crippen LogP contribution >= 0.6 is 11.6 Å². The van der Waals surface area contributed by atoms with Crippen LogP contribution in [-0.4, -0.2) is 68.3 Å². The average molecular weight is 531 g/mol. The third-order valence-corrected chi connectivity index (χ3v) is 6.80. The topological polar surface area (TPSA) is 136 Å². The number of ether oxygens (including phenoxy) is 1. The lowest BCUT2D eigenvalue weighted by Crippen LogP contribution is -2.65. The van der Waals surface area contributed by atoms with Crippen LogP contribution < -0.4 is 15.5 Å². The van der Waals surface area contributed by atoms with Gasteiger partial charge in [0.25, 0.3) is 0 Å². The van der Waals surface area contributed by atoms with E-state index in [0.717, 1.165) is 22.4 Å². The summed E-state index contributed by atoms with van der Waals surface area (Å²) in [6.45, 7) is 6.45. The Morgan fingerprint density at radius 1 is 1.22 bits per heavy atom. The van der Waals surface area contributed by atoms with Gasteiger partial charge in [-0.2, -0.15) is 0 Å². The number of nitrogens with zero attached hydrogens (tertiary/aromatic N) is 3. The van der Waals surface area contributed by atoms with Crippen molar-refractivity contribution in [1.82, 2.24) is 25.6 Å². The van der Waals surface area contributed by atoms with E-state index in [-0.39, 0.29) is 12.5 Å². The van der Waals surface area contributed by atoms with Gasteiger partial charge in [0, 0.05) is 30.9 Å². The highest BCUT2D eigenvalue weighted by Crippen LogP contribution is 2.31. The lowest BCUT2D eigenvalue weighted by atomic mass is 9.85. The van der Waals surface area contributed by atoms with E-state index >= 15 is 0 Å². The van der Waals surface area contributed by atoms with Crippen molar-refractivity contribution in [3.05, 3.63) is 53.4 Å². The van der Waals surface area contributed by atoms with Crippen LogP contribution in [0.25, 0.3) is 11.0 Å². The number of hydrogen-bond acceptors (Lipinski definition) is 8. The average Bonchev–Trinajstić information content (AvgIpc) is 3.33. The number of amides is 1. The highest BCUT2D eigenvalue weighted by Gasteiger charge is 2.44. The Morgan fingerprint density at radius 2 is 1.92 bits per heavy atom. The number of fused-ring (bicyclic) bond motifs is 1. The van der Waals surface area contributed by atoms with Crippen molar-refractivity contribution >= 4 is 34.4 Å². The second kappa shape index (κ2) is 11.3. The van der Waals surface area contributed by atoms with Gasteiger partial charge in [0.2, 0.25) is 12.3 Å². The van der Waals surface area contributed by atoms with E-state index in [9.17, 15) is 15.0 Å². The molecule has 0 bridgehead atoms. The van der Waals surface area contributed by atoms with Gasteiger partial charge in [-0.1, -0.05) is 23.7 Å². The Hall–Kier alpha value is -2.76. The molecule has 5 N–H and O–H groups in total. The summed E-state index contributed by atoms with van der Waals surface area (Å²) in [5.41, 5.74) is -0.136. The number of halogens is 1. The zero-order valence-corrected chi connectivity index (χ0v) is 22.1. The molecule has 2 aromatic heterocycles. The van der Waals surface area contributed by atoms with Gasteiger partial charge in [0.1, 0.15) is 23.3 Å². The maximum absolute atomic E-state index is 13.9. The number of aromatic amines is 1. The lowest BCUT2D eigenvalue weighted by molar-refractivity contribution is -0.195. The van der Waals surface area contributed by atoms with E-state index in [2.05, 4.69) is 30.5 Å². The summed E-state index contributed by atoms with van der Waals surface area (Å²) >= 11 is 6.04. The Kier molecular flexibility index (Phi) is 8.35. The van der Waals surface area contributed by atoms with Gasteiger partial charge in [-0.3, -0.25) is 10.1 Å². The number of anilines is 1. The van der Waals surface area contributed by atoms with Crippen LogP contribution in [0.2, 0.25) is 5.02 Å². The molecule has 200 valence electrons. The molecular formula is C26H35ClN6O4. The first-order valence-electron chi connectivity index (χ1n) is 12.4. The van der Waals surface area contributed by atoms with Gasteiger partial charge >= 0.3 is 0 Å². The molecule has 1 aliphatic heterocycles. The second-order valence-corrected chi connectivity index (χ2v) is 10.8. The first-order chi connectivity index (χ1) is 17.6. The summed E-state index contributed by atoms with van der Waals surface area (Å²) in [5, 5.41) is 28.1. The fourth-order valence-electron chi connectivity index (χ4n) is 4.69. The van der Waals surface area contributed by atoms with Crippen LogP contribution in [0.4, 0.5) is 5.82 Å². The molecule has 1 unspecified atom stereocenters. The summed E-state index contributed by atoms with van der Waals surface area (Å²) in [6, 6.07) is 8.69. The van der Waals surface area contributed by atoms with Crippen LogP contribution in [0, 0.1) is 0 Å². The number of H-pyrrole nitrogens is 1. The molecule has 0 radical (unpaired) electrons. The molecule has 0 aliphatic carbocycles. The normalized spacial score (nSPS) is 17.5. The largest absolute Gasteiger partial charge is 0.396 e.